The zero-order chi connectivity index (χ0) is 28.0. The number of ether oxygens (including phenoxy) is 6. The molecule has 3 aromatic rings. The lowest BCUT2D eigenvalue weighted by atomic mass is 10.1. The van der Waals surface area contributed by atoms with Gasteiger partial charge in [-0.15, -0.1) is 0 Å². The zero-order valence-electron chi connectivity index (χ0n) is 21.7. The quantitative estimate of drug-likeness (QED) is 0.125. The molecule has 4 N–H and O–H groups in total. The van der Waals surface area contributed by atoms with Crippen LogP contribution in [-0.4, -0.2) is 82.6 Å². The molecular formula is C26H33Cl2FN4O6. The zero-order valence-corrected chi connectivity index (χ0v) is 23.2. The molecule has 13 heteroatoms. The molecule has 0 aliphatic heterocycles. The normalized spacial score (nSPS) is 11.4. The summed E-state index contributed by atoms with van der Waals surface area (Å²) in [4.78, 5) is 8.63. The van der Waals surface area contributed by atoms with Crippen LogP contribution in [0.5, 0.6) is 5.75 Å². The van der Waals surface area contributed by atoms with Crippen LogP contribution >= 0.6 is 23.2 Å². The predicted molar refractivity (Wildman–Crippen MR) is 149 cm³/mol. The van der Waals surface area contributed by atoms with Crippen molar-refractivity contribution in [1.29, 1.82) is 0 Å². The fraction of sp³-hybridized carbons (Fsp3) is 0.462. The first-order valence-electron chi connectivity index (χ1n) is 12.4. The molecule has 3 rings (SSSR count). The van der Waals surface area contributed by atoms with Crippen molar-refractivity contribution in [2.75, 3.05) is 84.1 Å². The molecule has 1 aromatic heterocycles. The van der Waals surface area contributed by atoms with E-state index in [1.54, 1.807) is 12.1 Å². The maximum absolute atomic E-state index is 14.5. The van der Waals surface area contributed by atoms with Gasteiger partial charge in [0, 0.05) is 18.1 Å². The third kappa shape index (κ3) is 9.87. The fourth-order valence-corrected chi connectivity index (χ4v) is 3.68. The molecule has 0 radical (unpaired) electrons. The van der Waals surface area contributed by atoms with Gasteiger partial charge >= 0.3 is 0 Å². The molecule has 0 aliphatic rings. The Bertz CT molecular complexity index is 1210. The minimum atomic E-state index is -0.623. The van der Waals surface area contributed by atoms with Gasteiger partial charge in [0.2, 0.25) is 0 Å². The molecule has 1 heterocycles. The standard InChI is InChI=1S/C26H33Cl2FN4O6/c1-2-34-3-4-35-5-6-36-7-8-37-9-10-38-11-12-39-24-16-23-18(14-22(24)30)25(31)33-26(32-23)17-13-19(27)20(28)15-21(17)29/h13-16H,2-12,30H2,1H3,(H2,31,32,33). The highest BCUT2D eigenvalue weighted by atomic mass is 35.5. The van der Waals surface area contributed by atoms with Crippen LogP contribution in [0.2, 0.25) is 10.0 Å². The number of hydrogen-bond acceptors (Lipinski definition) is 10. The van der Waals surface area contributed by atoms with Crippen LogP contribution in [0.3, 0.4) is 0 Å². The van der Waals surface area contributed by atoms with Crippen molar-refractivity contribution in [1.82, 2.24) is 9.97 Å². The molecule has 0 spiro atoms. The van der Waals surface area contributed by atoms with Crippen molar-refractivity contribution >= 4 is 45.6 Å². The second-order valence-electron chi connectivity index (χ2n) is 8.08. The summed E-state index contributed by atoms with van der Waals surface area (Å²) in [5.41, 5.74) is 13.1. The summed E-state index contributed by atoms with van der Waals surface area (Å²) >= 11 is 11.9. The highest BCUT2D eigenvalue weighted by Gasteiger charge is 2.16. The number of nitrogens with zero attached hydrogens (tertiary/aromatic N) is 2. The van der Waals surface area contributed by atoms with Gasteiger partial charge in [0.15, 0.2) is 5.82 Å². The van der Waals surface area contributed by atoms with E-state index in [2.05, 4.69) is 9.97 Å². The van der Waals surface area contributed by atoms with Crippen LogP contribution in [0.15, 0.2) is 24.3 Å². The molecule has 0 fully saturated rings. The molecule has 0 amide bonds. The predicted octanol–water partition coefficient (Wildman–Crippen LogP) is 4.39. The van der Waals surface area contributed by atoms with Crippen molar-refractivity contribution in [3.05, 3.63) is 40.1 Å². The van der Waals surface area contributed by atoms with Gasteiger partial charge in [-0.1, -0.05) is 23.2 Å². The highest BCUT2D eigenvalue weighted by Crippen LogP contribution is 2.34. The number of nitrogens with two attached hydrogens (primary N) is 2. The SMILES string of the molecule is CCOCCOCCOCCOCCOCCOc1cc2nc(-c3cc(Cl)c(Cl)cc3F)nc(N)c2cc1N. The molecule has 39 heavy (non-hydrogen) atoms. The van der Waals surface area contributed by atoms with Gasteiger partial charge in [0.25, 0.3) is 0 Å². The van der Waals surface area contributed by atoms with E-state index in [0.717, 1.165) is 6.07 Å². The van der Waals surface area contributed by atoms with E-state index >= 15 is 0 Å². The Balaban J connectivity index is 1.38. The van der Waals surface area contributed by atoms with Crippen molar-refractivity contribution in [3.63, 3.8) is 0 Å². The first kappa shape index (κ1) is 31.0. The molecule has 2 aromatic carbocycles. The first-order valence-corrected chi connectivity index (χ1v) is 13.2. The Morgan fingerprint density at radius 2 is 1.26 bits per heavy atom. The first-order chi connectivity index (χ1) is 18.9. The van der Waals surface area contributed by atoms with E-state index in [0.29, 0.717) is 88.4 Å². The van der Waals surface area contributed by atoms with E-state index in [4.69, 9.17) is 63.1 Å². The second kappa shape index (κ2) is 16.6. The van der Waals surface area contributed by atoms with Crippen LogP contribution in [0.25, 0.3) is 22.3 Å². The van der Waals surface area contributed by atoms with Crippen LogP contribution < -0.4 is 16.2 Å². The minimum absolute atomic E-state index is 0.0614. The van der Waals surface area contributed by atoms with Gasteiger partial charge in [0.1, 0.15) is 24.0 Å². The number of benzene rings is 2. The Kier molecular flexibility index (Phi) is 13.2. The molecule has 0 aliphatic carbocycles. The Morgan fingerprint density at radius 1 is 0.718 bits per heavy atom. The number of hydrogen-bond donors (Lipinski definition) is 2. The maximum atomic E-state index is 14.5. The van der Waals surface area contributed by atoms with E-state index in [9.17, 15) is 4.39 Å². The number of anilines is 2. The summed E-state index contributed by atoms with van der Waals surface area (Å²) in [7, 11) is 0. The number of fused-ring (bicyclic) bond motifs is 1. The molecule has 0 saturated carbocycles. The monoisotopic (exact) mass is 586 g/mol. The van der Waals surface area contributed by atoms with Gasteiger partial charge in [-0.05, 0) is 25.1 Å². The summed E-state index contributed by atoms with van der Waals surface area (Å²) in [5, 5.41) is 0.768. The van der Waals surface area contributed by atoms with Crippen LogP contribution in [0, 0.1) is 5.82 Å². The van der Waals surface area contributed by atoms with Crippen LogP contribution in [0.4, 0.5) is 15.9 Å². The lowest BCUT2D eigenvalue weighted by molar-refractivity contribution is -0.0119. The summed E-state index contributed by atoms with van der Waals surface area (Å²) in [5.74, 6) is -0.0351. The maximum Gasteiger partial charge on any atom is 0.165 e. The molecule has 214 valence electrons. The van der Waals surface area contributed by atoms with Crippen molar-refractivity contribution in [3.8, 4) is 17.1 Å². The van der Waals surface area contributed by atoms with Crippen molar-refractivity contribution in [2.24, 2.45) is 0 Å². The lowest BCUT2D eigenvalue weighted by Gasteiger charge is -2.12. The Labute approximate surface area is 236 Å². The highest BCUT2D eigenvalue weighted by molar-refractivity contribution is 6.42. The van der Waals surface area contributed by atoms with Gasteiger partial charge < -0.3 is 39.9 Å². The minimum Gasteiger partial charge on any atom is -0.489 e. The molecular weight excluding hydrogens is 554 g/mol. The van der Waals surface area contributed by atoms with Crippen molar-refractivity contribution < 1.29 is 32.8 Å². The van der Waals surface area contributed by atoms with Gasteiger partial charge in [-0.25, -0.2) is 14.4 Å². The summed E-state index contributed by atoms with van der Waals surface area (Å²) in [6.07, 6.45) is 0. The lowest BCUT2D eigenvalue weighted by Crippen LogP contribution is -2.14. The summed E-state index contributed by atoms with van der Waals surface area (Å²) in [6, 6.07) is 5.68. The molecule has 0 saturated heterocycles. The van der Waals surface area contributed by atoms with Crippen LogP contribution in [0.1, 0.15) is 6.92 Å². The van der Waals surface area contributed by atoms with Gasteiger partial charge in [-0.3, -0.25) is 0 Å². The average molecular weight is 587 g/mol. The smallest absolute Gasteiger partial charge is 0.165 e. The third-order valence-electron chi connectivity index (χ3n) is 5.29. The molecule has 0 atom stereocenters. The Hall–Kier alpha value is -2.51. The van der Waals surface area contributed by atoms with E-state index in [1.165, 1.54) is 6.07 Å². The van der Waals surface area contributed by atoms with Crippen LogP contribution in [-0.2, 0) is 23.7 Å². The largest absolute Gasteiger partial charge is 0.489 e. The molecule has 10 nitrogen and oxygen atoms in total. The average Bonchev–Trinajstić information content (AvgIpc) is 2.91. The fourth-order valence-electron chi connectivity index (χ4n) is 3.37. The second-order valence-corrected chi connectivity index (χ2v) is 8.90. The number of aromatic nitrogens is 2. The molecule has 0 unspecified atom stereocenters. The summed E-state index contributed by atoms with van der Waals surface area (Å²) < 4.78 is 47.2. The topological polar surface area (TPSA) is 133 Å². The Morgan fingerprint density at radius 3 is 1.85 bits per heavy atom. The van der Waals surface area contributed by atoms with E-state index in [1.807, 2.05) is 6.92 Å². The number of nitrogen functional groups attached to an aromatic ring is 2. The molecule has 0 bridgehead atoms. The number of halogens is 3. The van der Waals surface area contributed by atoms with E-state index < -0.39 is 5.82 Å². The van der Waals surface area contributed by atoms with Gasteiger partial charge in [-0.2, -0.15) is 0 Å². The van der Waals surface area contributed by atoms with E-state index in [-0.39, 0.29) is 33.9 Å². The van der Waals surface area contributed by atoms with Gasteiger partial charge in [0.05, 0.1) is 86.3 Å². The number of rotatable bonds is 18. The third-order valence-corrected chi connectivity index (χ3v) is 6.01. The summed E-state index contributed by atoms with van der Waals surface area (Å²) in [6.45, 7) is 7.16. The van der Waals surface area contributed by atoms with Crippen molar-refractivity contribution in [2.45, 2.75) is 6.92 Å².